The van der Waals surface area contributed by atoms with E-state index in [4.69, 9.17) is 11.1 Å². The van der Waals surface area contributed by atoms with Crippen LogP contribution in [0.2, 0.25) is 12.1 Å². The predicted octanol–water partition coefficient (Wildman–Crippen LogP) is 9.09. The molecule has 0 atom stereocenters. The molecule has 0 spiro atoms. The topological polar surface area (TPSA) is 9.23 Å². The number of rotatable bonds is 6. The average Bonchev–Trinajstić information content (AvgIpc) is 2.79. The van der Waals surface area contributed by atoms with E-state index in [9.17, 15) is 17.6 Å². The van der Waals surface area contributed by atoms with Crippen molar-refractivity contribution in [3.63, 3.8) is 0 Å². The number of ether oxygens (including phenoxy) is 1. The van der Waals surface area contributed by atoms with E-state index in [1.54, 1.807) is 12.1 Å². The molecular formula is C26H30ClF4OSi. The minimum atomic E-state index is -4.74. The summed E-state index contributed by atoms with van der Waals surface area (Å²) in [6.45, 7) is 0. The Labute approximate surface area is 199 Å². The third-order valence-electron chi connectivity index (χ3n) is 7.34. The van der Waals surface area contributed by atoms with E-state index >= 15 is 0 Å². The van der Waals surface area contributed by atoms with Crippen molar-refractivity contribution < 1.29 is 22.3 Å². The Kier molecular flexibility index (Phi) is 8.05. The van der Waals surface area contributed by atoms with Gasteiger partial charge in [-0.3, -0.25) is 0 Å². The monoisotopic (exact) mass is 497 g/mol. The largest absolute Gasteiger partial charge is 0.573 e. The number of hydrogen-bond acceptors (Lipinski definition) is 1. The lowest BCUT2D eigenvalue weighted by molar-refractivity contribution is -0.274. The second-order valence-electron chi connectivity index (χ2n) is 9.57. The Morgan fingerprint density at radius 3 is 2.03 bits per heavy atom. The first-order valence-corrected chi connectivity index (χ1v) is 14.9. The lowest BCUT2D eigenvalue weighted by Gasteiger charge is -2.31. The zero-order valence-electron chi connectivity index (χ0n) is 18.6. The average molecular weight is 498 g/mol. The van der Waals surface area contributed by atoms with Crippen molar-refractivity contribution in [3.05, 3.63) is 53.8 Å². The van der Waals surface area contributed by atoms with Gasteiger partial charge in [0.2, 0.25) is 0 Å². The molecule has 0 N–H and O–H groups in total. The fourth-order valence-corrected chi connectivity index (χ4v) is 7.74. The molecule has 2 aliphatic rings. The molecule has 0 amide bonds. The normalized spacial score (nSPS) is 22.9. The van der Waals surface area contributed by atoms with Gasteiger partial charge in [-0.15, -0.1) is 13.2 Å². The Morgan fingerprint density at radius 2 is 1.45 bits per heavy atom. The summed E-state index contributed by atoms with van der Waals surface area (Å²) in [6.07, 6.45) is 5.11. The van der Waals surface area contributed by atoms with Crippen LogP contribution in [0.3, 0.4) is 0 Å². The second kappa shape index (κ2) is 10.8. The van der Waals surface area contributed by atoms with Crippen molar-refractivity contribution in [1.82, 2.24) is 0 Å². The highest BCUT2D eigenvalue weighted by Crippen LogP contribution is 2.40. The SMILES string of the molecule is Fc1cc(C2CCC(CCC3CC[Si](Cl)CC3)CC2)ccc1-c1ccc(OC(F)(F)F)cc1. The van der Waals surface area contributed by atoms with Crippen molar-refractivity contribution in [3.8, 4) is 16.9 Å². The second-order valence-corrected chi connectivity index (χ2v) is 13.2. The zero-order chi connectivity index (χ0) is 23.4. The fraction of sp³-hybridized carbons (Fsp3) is 0.538. The Bertz CT molecular complexity index is 901. The molecule has 1 heterocycles. The van der Waals surface area contributed by atoms with Gasteiger partial charge < -0.3 is 4.74 Å². The summed E-state index contributed by atoms with van der Waals surface area (Å²) in [7, 11) is -0.543. The number of alkyl halides is 3. The van der Waals surface area contributed by atoms with Crippen LogP contribution in [-0.4, -0.2) is 14.5 Å². The van der Waals surface area contributed by atoms with Gasteiger partial charge in [0.15, 0.2) is 8.11 Å². The molecule has 2 fully saturated rings. The van der Waals surface area contributed by atoms with Gasteiger partial charge in [0.25, 0.3) is 0 Å². The molecule has 1 aliphatic carbocycles. The summed E-state index contributed by atoms with van der Waals surface area (Å²) in [5, 5.41) is 0. The summed E-state index contributed by atoms with van der Waals surface area (Å²) in [5.41, 5.74) is 1.94. The molecule has 0 unspecified atom stereocenters. The molecule has 2 aromatic carbocycles. The predicted molar refractivity (Wildman–Crippen MR) is 126 cm³/mol. The Morgan fingerprint density at radius 1 is 0.848 bits per heavy atom. The van der Waals surface area contributed by atoms with Crippen molar-refractivity contribution in [2.45, 2.75) is 75.7 Å². The van der Waals surface area contributed by atoms with Crippen LogP contribution in [0.15, 0.2) is 42.5 Å². The Balaban J connectivity index is 1.29. The molecule has 1 saturated heterocycles. The lowest BCUT2D eigenvalue weighted by Crippen LogP contribution is -2.18. The minimum absolute atomic E-state index is 0.312. The molecule has 1 saturated carbocycles. The van der Waals surface area contributed by atoms with E-state index in [-0.39, 0.29) is 11.6 Å². The molecule has 2 aromatic rings. The van der Waals surface area contributed by atoms with Crippen molar-refractivity contribution in [1.29, 1.82) is 0 Å². The summed E-state index contributed by atoms with van der Waals surface area (Å²) in [4.78, 5) is 0. The summed E-state index contributed by atoms with van der Waals surface area (Å²) < 4.78 is 55.8. The summed E-state index contributed by atoms with van der Waals surface area (Å²) in [5.74, 6) is 1.38. The number of hydrogen-bond donors (Lipinski definition) is 0. The maximum absolute atomic E-state index is 14.9. The van der Waals surface area contributed by atoms with Gasteiger partial charge in [0, 0.05) is 5.56 Å². The molecule has 0 bridgehead atoms. The third kappa shape index (κ3) is 6.98. The molecule has 0 aromatic heterocycles. The molecule has 179 valence electrons. The van der Waals surface area contributed by atoms with Gasteiger partial charge in [0.1, 0.15) is 11.6 Å². The van der Waals surface area contributed by atoms with Crippen LogP contribution in [0, 0.1) is 17.7 Å². The van der Waals surface area contributed by atoms with Gasteiger partial charge in [-0.2, -0.15) is 11.1 Å². The summed E-state index contributed by atoms with van der Waals surface area (Å²) in [6, 6.07) is 13.2. The Hall–Kier alpha value is -1.53. The molecule has 7 heteroatoms. The van der Waals surface area contributed by atoms with E-state index in [1.165, 1.54) is 74.9 Å². The highest BCUT2D eigenvalue weighted by atomic mass is 35.6. The maximum Gasteiger partial charge on any atom is 0.573 e. The van der Waals surface area contributed by atoms with Crippen LogP contribution >= 0.6 is 11.1 Å². The van der Waals surface area contributed by atoms with Crippen molar-refractivity contribution >= 4 is 19.2 Å². The van der Waals surface area contributed by atoms with Gasteiger partial charge in [-0.1, -0.05) is 49.9 Å². The first-order chi connectivity index (χ1) is 15.8. The number of benzene rings is 2. The first-order valence-electron chi connectivity index (χ1n) is 11.9. The number of halogens is 5. The molecule has 1 nitrogen and oxygen atoms in total. The standard InChI is InChI=1S/C26H30ClF4OSi/c27-33-15-13-19(14-16-33)2-1-18-3-5-20(6-4-18)22-9-12-24(25(28)17-22)21-7-10-23(11-8-21)32-26(29,30)31/h7-12,17-20H,1-6,13-16H2. The summed E-state index contributed by atoms with van der Waals surface area (Å²) >= 11 is 6.32. The van der Waals surface area contributed by atoms with Crippen LogP contribution in [0.4, 0.5) is 17.6 Å². The van der Waals surface area contributed by atoms with Crippen LogP contribution in [0.1, 0.15) is 62.8 Å². The highest BCUT2D eigenvalue weighted by molar-refractivity contribution is 7.07. The fourth-order valence-electron chi connectivity index (χ4n) is 5.39. The highest BCUT2D eigenvalue weighted by Gasteiger charge is 2.31. The molecule has 4 rings (SSSR count). The van der Waals surface area contributed by atoms with E-state index < -0.39 is 14.5 Å². The molecule has 1 radical (unpaired) electrons. The van der Waals surface area contributed by atoms with Crippen molar-refractivity contribution in [2.75, 3.05) is 0 Å². The van der Waals surface area contributed by atoms with E-state index in [1.807, 2.05) is 6.07 Å². The quantitative estimate of drug-likeness (QED) is 0.219. The molecule has 33 heavy (non-hydrogen) atoms. The van der Waals surface area contributed by atoms with Crippen LogP contribution in [0.5, 0.6) is 5.75 Å². The van der Waals surface area contributed by atoms with E-state index in [0.29, 0.717) is 17.0 Å². The van der Waals surface area contributed by atoms with Crippen LogP contribution in [-0.2, 0) is 0 Å². The van der Waals surface area contributed by atoms with Crippen molar-refractivity contribution in [2.24, 2.45) is 11.8 Å². The molecule has 1 aliphatic heterocycles. The van der Waals surface area contributed by atoms with Gasteiger partial charge >= 0.3 is 6.36 Å². The van der Waals surface area contributed by atoms with Gasteiger partial charge in [0.05, 0.1) is 0 Å². The zero-order valence-corrected chi connectivity index (χ0v) is 20.4. The first kappa shape index (κ1) is 24.6. The van der Waals surface area contributed by atoms with E-state index in [2.05, 4.69) is 4.74 Å². The molecular weight excluding hydrogens is 468 g/mol. The van der Waals surface area contributed by atoms with E-state index in [0.717, 1.165) is 30.2 Å². The van der Waals surface area contributed by atoms with Crippen LogP contribution in [0.25, 0.3) is 11.1 Å². The minimum Gasteiger partial charge on any atom is -0.406 e. The van der Waals surface area contributed by atoms with Gasteiger partial charge in [-0.25, -0.2) is 4.39 Å². The third-order valence-corrected chi connectivity index (χ3v) is 10.1. The maximum atomic E-state index is 14.9. The van der Waals surface area contributed by atoms with Gasteiger partial charge in [-0.05, 0) is 84.9 Å². The van der Waals surface area contributed by atoms with Crippen LogP contribution < -0.4 is 4.74 Å². The smallest absolute Gasteiger partial charge is 0.406 e. The lowest BCUT2D eigenvalue weighted by atomic mass is 9.76.